The van der Waals surface area contributed by atoms with Crippen LogP contribution in [0.1, 0.15) is 24.1 Å². The fourth-order valence-corrected chi connectivity index (χ4v) is 2.59. The zero-order valence-electron chi connectivity index (χ0n) is 7.40. The summed E-state index contributed by atoms with van der Waals surface area (Å²) in [4.78, 5) is 4.32. The number of nitrogens with zero attached hydrogens (tertiary/aromatic N) is 2. The molecule has 4 heteroatoms. The van der Waals surface area contributed by atoms with E-state index in [-0.39, 0.29) is 0 Å². The first-order valence-electron chi connectivity index (χ1n) is 4.41. The van der Waals surface area contributed by atoms with Crippen LogP contribution in [0, 0.1) is 0 Å². The lowest BCUT2D eigenvalue weighted by molar-refractivity contribution is 0.357. The number of allylic oxidation sites excluding steroid dienone is 1. The molecule has 0 saturated carbocycles. The van der Waals surface area contributed by atoms with Crippen molar-refractivity contribution in [1.82, 2.24) is 10.1 Å². The monoisotopic (exact) mass is 196 g/mol. The van der Waals surface area contributed by atoms with Gasteiger partial charge in [0.15, 0.2) is 5.82 Å². The molecule has 1 fully saturated rings. The average molecular weight is 196 g/mol. The van der Waals surface area contributed by atoms with Crippen molar-refractivity contribution < 1.29 is 4.52 Å². The fourth-order valence-electron chi connectivity index (χ4n) is 1.37. The van der Waals surface area contributed by atoms with Crippen LogP contribution in [0.3, 0.4) is 0 Å². The number of hydrogen-bond donors (Lipinski definition) is 0. The van der Waals surface area contributed by atoms with Gasteiger partial charge in [-0.3, -0.25) is 0 Å². The maximum absolute atomic E-state index is 5.18. The van der Waals surface area contributed by atoms with Crippen LogP contribution >= 0.6 is 11.8 Å². The van der Waals surface area contributed by atoms with Crippen LogP contribution in [0.4, 0.5) is 0 Å². The lowest BCUT2D eigenvalue weighted by atomic mass is 10.1. The summed E-state index contributed by atoms with van der Waals surface area (Å²) < 4.78 is 5.18. The van der Waals surface area contributed by atoms with Gasteiger partial charge in [-0.15, -0.1) is 6.58 Å². The summed E-state index contributed by atoms with van der Waals surface area (Å²) >= 11 is 1.95. The second-order valence-corrected chi connectivity index (χ2v) is 4.25. The molecule has 0 spiro atoms. The van der Waals surface area contributed by atoms with Crippen LogP contribution in [0.5, 0.6) is 0 Å². The van der Waals surface area contributed by atoms with E-state index in [4.69, 9.17) is 4.52 Å². The minimum atomic E-state index is 0.482. The van der Waals surface area contributed by atoms with Crippen molar-refractivity contribution in [2.24, 2.45) is 0 Å². The van der Waals surface area contributed by atoms with Crippen LogP contribution in [0.25, 0.3) is 0 Å². The quantitative estimate of drug-likeness (QED) is 0.693. The van der Waals surface area contributed by atoms with Crippen molar-refractivity contribution >= 4 is 11.8 Å². The molecule has 1 aliphatic rings. The number of thioether (sulfide) groups is 1. The van der Waals surface area contributed by atoms with Crippen molar-refractivity contribution in [2.45, 2.75) is 18.8 Å². The molecular weight excluding hydrogens is 184 g/mol. The highest BCUT2D eigenvalue weighted by Crippen LogP contribution is 2.31. The van der Waals surface area contributed by atoms with Crippen molar-refractivity contribution in [2.75, 3.05) is 11.5 Å². The maximum atomic E-state index is 5.18. The third kappa shape index (κ3) is 1.94. The minimum absolute atomic E-state index is 0.482. The van der Waals surface area contributed by atoms with E-state index in [9.17, 15) is 0 Å². The standard InChI is InChI=1S/C9H12N2OS/c1-2-3-8-10-9(12-11-8)7-4-5-13-6-7/h2,7H,1,3-6H2. The molecule has 1 aromatic heterocycles. The van der Waals surface area contributed by atoms with Gasteiger partial charge >= 0.3 is 0 Å². The SMILES string of the molecule is C=CCc1noc(C2CCSC2)n1. The topological polar surface area (TPSA) is 38.9 Å². The Bertz CT molecular complexity index is 292. The molecular formula is C9H12N2OS. The first-order chi connectivity index (χ1) is 6.40. The van der Waals surface area contributed by atoms with Gasteiger partial charge in [-0.1, -0.05) is 11.2 Å². The van der Waals surface area contributed by atoms with Gasteiger partial charge in [-0.05, 0) is 12.2 Å². The second-order valence-electron chi connectivity index (χ2n) is 3.10. The molecule has 0 aromatic carbocycles. The van der Waals surface area contributed by atoms with E-state index in [0.717, 1.165) is 17.5 Å². The Labute approximate surface area is 81.6 Å². The molecule has 0 radical (unpaired) electrons. The second kappa shape index (κ2) is 3.96. The molecule has 3 nitrogen and oxygen atoms in total. The largest absolute Gasteiger partial charge is 0.339 e. The Balaban J connectivity index is 2.07. The molecule has 1 saturated heterocycles. The van der Waals surface area contributed by atoms with E-state index in [1.807, 2.05) is 11.8 Å². The molecule has 0 N–H and O–H groups in total. The Morgan fingerprint density at radius 1 is 1.69 bits per heavy atom. The van der Waals surface area contributed by atoms with Crippen molar-refractivity contribution in [3.63, 3.8) is 0 Å². The normalized spacial score (nSPS) is 22.0. The highest BCUT2D eigenvalue weighted by atomic mass is 32.2. The Kier molecular flexibility index (Phi) is 2.68. The van der Waals surface area contributed by atoms with E-state index >= 15 is 0 Å². The number of rotatable bonds is 3. The predicted octanol–water partition coefficient (Wildman–Crippen LogP) is 2.02. The highest BCUT2D eigenvalue weighted by Gasteiger charge is 2.22. The van der Waals surface area contributed by atoms with E-state index < -0.39 is 0 Å². The van der Waals surface area contributed by atoms with Gasteiger partial charge in [0.25, 0.3) is 0 Å². The Morgan fingerprint density at radius 2 is 2.62 bits per heavy atom. The van der Waals surface area contributed by atoms with Gasteiger partial charge < -0.3 is 4.52 Å². The van der Waals surface area contributed by atoms with Crippen LogP contribution in [0.2, 0.25) is 0 Å². The molecule has 70 valence electrons. The summed E-state index contributed by atoms with van der Waals surface area (Å²) in [6.45, 7) is 3.64. The van der Waals surface area contributed by atoms with Crippen LogP contribution in [-0.2, 0) is 6.42 Å². The molecule has 2 heterocycles. The first kappa shape index (κ1) is 8.81. The predicted molar refractivity (Wildman–Crippen MR) is 52.9 cm³/mol. The van der Waals surface area contributed by atoms with Crippen molar-refractivity contribution in [1.29, 1.82) is 0 Å². The molecule has 1 aliphatic heterocycles. The third-order valence-electron chi connectivity index (χ3n) is 2.09. The summed E-state index contributed by atoms with van der Waals surface area (Å²) in [6.07, 6.45) is 3.65. The molecule has 2 rings (SSSR count). The molecule has 1 aromatic rings. The van der Waals surface area contributed by atoms with Crippen LogP contribution < -0.4 is 0 Å². The van der Waals surface area contributed by atoms with Gasteiger partial charge in [0.2, 0.25) is 5.89 Å². The lowest BCUT2D eigenvalue weighted by Crippen LogP contribution is -1.96. The molecule has 0 bridgehead atoms. The molecule has 13 heavy (non-hydrogen) atoms. The highest BCUT2D eigenvalue weighted by molar-refractivity contribution is 7.99. The summed E-state index contributed by atoms with van der Waals surface area (Å²) in [6, 6.07) is 0. The third-order valence-corrected chi connectivity index (χ3v) is 3.25. The Hall–Kier alpha value is -0.770. The summed E-state index contributed by atoms with van der Waals surface area (Å²) in [5.41, 5.74) is 0. The summed E-state index contributed by atoms with van der Waals surface area (Å²) in [5, 5.41) is 3.88. The molecule has 0 amide bonds. The summed E-state index contributed by atoms with van der Waals surface area (Å²) in [5.74, 6) is 4.37. The molecule has 0 aliphatic carbocycles. The fraction of sp³-hybridized carbons (Fsp3) is 0.556. The van der Waals surface area contributed by atoms with Gasteiger partial charge in [0, 0.05) is 18.1 Å². The van der Waals surface area contributed by atoms with Gasteiger partial charge in [0.05, 0.1) is 0 Å². The van der Waals surface area contributed by atoms with Crippen LogP contribution in [0.15, 0.2) is 17.2 Å². The van der Waals surface area contributed by atoms with Gasteiger partial charge in [-0.25, -0.2) is 0 Å². The Morgan fingerprint density at radius 3 is 3.31 bits per heavy atom. The zero-order chi connectivity index (χ0) is 9.10. The zero-order valence-corrected chi connectivity index (χ0v) is 8.22. The van der Waals surface area contributed by atoms with E-state index in [1.165, 1.54) is 12.2 Å². The van der Waals surface area contributed by atoms with Crippen molar-refractivity contribution in [3.05, 3.63) is 24.4 Å². The van der Waals surface area contributed by atoms with Gasteiger partial charge in [-0.2, -0.15) is 16.7 Å². The van der Waals surface area contributed by atoms with Gasteiger partial charge in [0.1, 0.15) is 0 Å². The smallest absolute Gasteiger partial charge is 0.230 e. The van der Waals surface area contributed by atoms with E-state index in [2.05, 4.69) is 16.7 Å². The van der Waals surface area contributed by atoms with Crippen LogP contribution in [-0.4, -0.2) is 21.6 Å². The number of hydrogen-bond acceptors (Lipinski definition) is 4. The number of aromatic nitrogens is 2. The lowest BCUT2D eigenvalue weighted by Gasteiger charge is -1.97. The average Bonchev–Trinajstić information content (AvgIpc) is 2.70. The minimum Gasteiger partial charge on any atom is -0.339 e. The summed E-state index contributed by atoms with van der Waals surface area (Å²) in [7, 11) is 0. The maximum Gasteiger partial charge on any atom is 0.230 e. The molecule has 1 unspecified atom stereocenters. The first-order valence-corrected chi connectivity index (χ1v) is 5.56. The van der Waals surface area contributed by atoms with E-state index in [0.29, 0.717) is 12.3 Å². The van der Waals surface area contributed by atoms with Crippen molar-refractivity contribution in [3.8, 4) is 0 Å². The van der Waals surface area contributed by atoms with E-state index in [1.54, 1.807) is 6.08 Å². The molecule has 1 atom stereocenters.